The van der Waals surface area contributed by atoms with E-state index in [0.29, 0.717) is 5.92 Å². The second-order valence-corrected chi connectivity index (χ2v) is 5.24. The van der Waals surface area contributed by atoms with Gasteiger partial charge in [0.25, 0.3) is 0 Å². The van der Waals surface area contributed by atoms with Crippen molar-refractivity contribution in [3.8, 4) is 6.07 Å². The molecule has 0 aromatic rings. The zero-order valence-electron chi connectivity index (χ0n) is 7.74. The SMILES string of the molecule is N#CC12CC3CC(CC1O)CC2C3. The Morgan fingerprint density at radius 3 is 2.69 bits per heavy atom. The predicted molar refractivity (Wildman–Crippen MR) is 47.6 cm³/mol. The second-order valence-electron chi connectivity index (χ2n) is 5.24. The third-order valence-electron chi connectivity index (χ3n) is 4.62. The Hall–Kier alpha value is -0.550. The van der Waals surface area contributed by atoms with Crippen molar-refractivity contribution in [2.45, 2.75) is 38.2 Å². The molecular formula is C11H15NO. The first kappa shape index (κ1) is 7.82. The van der Waals surface area contributed by atoms with Gasteiger partial charge in [0.15, 0.2) is 0 Å². The van der Waals surface area contributed by atoms with Gasteiger partial charge in [0.05, 0.1) is 17.6 Å². The minimum absolute atomic E-state index is 0.325. The monoisotopic (exact) mass is 177 g/mol. The number of rotatable bonds is 0. The summed E-state index contributed by atoms with van der Waals surface area (Å²) >= 11 is 0. The molecule has 0 aromatic heterocycles. The molecule has 3 rings (SSSR count). The van der Waals surface area contributed by atoms with E-state index in [0.717, 1.165) is 24.7 Å². The molecule has 2 nitrogen and oxygen atoms in total. The molecule has 3 aliphatic carbocycles. The highest BCUT2D eigenvalue weighted by atomic mass is 16.3. The summed E-state index contributed by atoms with van der Waals surface area (Å²) in [4.78, 5) is 0. The first-order chi connectivity index (χ1) is 6.24. The molecule has 3 bridgehead atoms. The maximum atomic E-state index is 10.0. The van der Waals surface area contributed by atoms with Gasteiger partial charge in [-0.15, -0.1) is 0 Å². The van der Waals surface area contributed by atoms with Crippen LogP contribution in [0.25, 0.3) is 0 Å². The van der Waals surface area contributed by atoms with Crippen LogP contribution in [-0.4, -0.2) is 11.2 Å². The number of aliphatic hydroxyl groups excluding tert-OH is 1. The van der Waals surface area contributed by atoms with Gasteiger partial charge in [0.2, 0.25) is 0 Å². The summed E-state index contributed by atoms with van der Waals surface area (Å²) < 4.78 is 0. The fourth-order valence-electron chi connectivity index (χ4n) is 4.13. The summed E-state index contributed by atoms with van der Waals surface area (Å²) in [5.74, 6) is 1.99. The van der Waals surface area contributed by atoms with Crippen LogP contribution in [0.15, 0.2) is 0 Å². The zero-order chi connectivity index (χ0) is 9.05. The van der Waals surface area contributed by atoms with Crippen LogP contribution >= 0.6 is 0 Å². The Morgan fingerprint density at radius 2 is 1.92 bits per heavy atom. The van der Waals surface area contributed by atoms with E-state index in [-0.39, 0.29) is 11.5 Å². The van der Waals surface area contributed by atoms with Crippen molar-refractivity contribution >= 4 is 0 Å². The van der Waals surface area contributed by atoms with Crippen molar-refractivity contribution in [3.05, 3.63) is 0 Å². The van der Waals surface area contributed by atoms with Crippen LogP contribution in [-0.2, 0) is 0 Å². The van der Waals surface area contributed by atoms with Gasteiger partial charge >= 0.3 is 0 Å². The number of hydrogen-bond acceptors (Lipinski definition) is 2. The van der Waals surface area contributed by atoms with Crippen molar-refractivity contribution in [3.63, 3.8) is 0 Å². The Labute approximate surface area is 78.6 Å². The molecule has 1 N–H and O–H groups in total. The molecule has 2 heteroatoms. The lowest BCUT2D eigenvalue weighted by molar-refractivity contribution is -0.0198. The van der Waals surface area contributed by atoms with Crippen molar-refractivity contribution in [2.24, 2.45) is 23.2 Å². The maximum Gasteiger partial charge on any atom is 0.0863 e. The van der Waals surface area contributed by atoms with Crippen LogP contribution in [0, 0.1) is 34.5 Å². The Bertz CT molecular complexity index is 280. The number of nitriles is 1. The van der Waals surface area contributed by atoms with Gasteiger partial charge in [0.1, 0.15) is 0 Å². The van der Waals surface area contributed by atoms with Crippen LogP contribution in [0.5, 0.6) is 0 Å². The fraction of sp³-hybridized carbons (Fsp3) is 0.909. The van der Waals surface area contributed by atoms with Crippen LogP contribution in [0.4, 0.5) is 0 Å². The third-order valence-corrected chi connectivity index (χ3v) is 4.62. The van der Waals surface area contributed by atoms with Crippen molar-refractivity contribution in [2.75, 3.05) is 0 Å². The molecule has 0 heterocycles. The molecule has 13 heavy (non-hydrogen) atoms. The van der Waals surface area contributed by atoms with Gasteiger partial charge in [-0.05, 0) is 49.9 Å². The molecule has 0 aliphatic heterocycles. The highest BCUT2D eigenvalue weighted by Gasteiger charge is 2.59. The van der Waals surface area contributed by atoms with Gasteiger partial charge in [-0.3, -0.25) is 0 Å². The molecule has 0 radical (unpaired) electrons. The Kier molecular flexibility index (Phi) is 1.37. The molecule has 3 aliphatic rings. The van der Waals surface area contributed by atoms with Crippen LogP contribution < -0.4 is 0 Å². The van der Waals surface area contributed by atoms with E-state index in [1.807, 2.05) is 0 Å². The number of nitrogens with zero attached hydrogens (tertiary/aromatic N) is 1. The molecule has 5 atom stereocenters. The normalized spacial score (nSPS) is 57.8. The average molecular weight is 177 g/mol. The Balaban J connectivity index is 2.06. The minimum Gasteiger partial charge on any atom is -0.391 e. The molecule has 0 spiro atoms. The highest BCUT2D eigenvalue weighted by molar-refractivity contribution is 5.17. The summed E-state index contributed by atoms with van der Waals surface area (Å²) in [6.45, 7) is 0. The summed E-state index contributed by atoms with van der Waals surface area (Å²) in [6, 6.07) is 2.44. The van der Waals surface area contributed by atoms with Gasteiger partial charge in [-0.25, -0.2) is 0 Å². The largest absolute Gasteiger partial charge is 0.391 e. The molecule has 3 saturated carbocycles. The number of fused-ring (bicyclic) bond motifs is 2. The van der Waals surface area contributed by atoms with E-state index in [4.69, 9.17) is 0 Å². The first-order valence-electron chi connectivity index (χ1n) is 5.34. The molecule has 3 fully saturated rings. The lowest BCUT2D eigenvalue weighted by Gasteiger charge is -2.41. The Morgan fingerprint density at radius 1 is 1.15 bits per heavy atom. The number of aliphatic hydroxyl groups is 1. The summed E-state index contributed by atoms with van der Waals surface area (Å²) in [7, 11) is 0. The third kappa shape index (κ3) is 0.814. The van der Waals surface area contributed by atoms with Crippen molar-refractivity contribution in [1.29, 1.82) is 5.26 Å². The van der Waals surface area contributed by atoms with E-state index in [1.54, 1.807) is 0 Å². The zero-order valence-corrected chi connectivity index (χ0v) is 7.74. The first-order valence-corrected chi connectivity index (χ1v) is 5.34. The van der Waals surface area contributed by atoms with E-state index in [2.05, 4.69) is 6.07 Å². The van der Waals surface area contributed by atoms with Gasteiger partial charge < -0.3 is 5.11 Å². The lowest BCUT2D eigenvalue weighted by atomic mass is 9.63. The quantitative estimate of drug-likeness (QED) is 0.612. The molecule has 0 amide bonds. The minimum atomic E-state index is -0.336. The fourth-order valence-corrected chi connectivity index (χ4v) is 4.13. The molecule has 0 aromatic carbocycles. The number of hydrogen-bond donors (Lipinski definition) is 1. The highest BCUT2D eigenvalue weighted by Crippen LogP contribution is 2.61. The summed E-state index contributed by atoms with van der Waals surface area (Å²) in [6.07, 6.45) is 5.24. The van der Waals surface area contributed by atoms with Gasteiger partial charge in [0, 0.05) is 0 Å². The molecular weight excluding hydrogens is 162 g/mol. The molecule has 0 saturated heterocycles. The van der Waals surface area contributed by atoms with Crippen molar-refractivity contribution < 1.29 is 5.11 Å². The summed E-state index contributed by atoms with van der Waals surface area (Å²) in [5.41, 5.74) is -0.336. The van der Waals surface area contributed by atoms with Crippen LogP contribution in [0.2, 0.25) is 0 Å². The molecule has 70 valence electrons. The smallest absolute Gasteiger partial charge is 0.0863 e. The van der Waals surface area contributed by atoms with E-state index < -0.39 is 0 Å². The van der Waals surface area contributed by atoms with Crippen LogP contribution in [0.1, 0.15) is 32.1 Å². The summed E-state index contributed by atoms with van der Waals surface area (Å²) in [5, 5.41) is 19.3. The van der Waals surface area contributed by atoms with Gasteiger partial charge in [-0.1, -0.05) is 0 Å². The van der Waals surface area contributed by atoms with E-state index in [9.17, 15) is 10.4 Å². The molecule has 5 unspecified atom stereocenters. The predicted octanol–water partition coefficient (Wildman–Crippen LogP) is 1.70. The van der Waals surface area contributed by atoms with Gasteiger partial charge in [-0.2, -0.15) is 5.26 Å². The average Bonchev–Trinajstić information content (AvgIpc) is 2.32. The van der Waals surface area contributed by atoms with E-state index in [1.165, 1.54) is 19.3 Å². The maximum absolute atomic E-state index is 10.0. The lowest BCUT2D eigenvalue weighted by Crippen LogP contribution is -2.43. The van der Waals surface area contributed by atoms with Crippen molar-refractivity contribution in [1.82, 2.24) is 0 Å². The standard InChI is InChI=1S/C11H15NO/c12-6-11-5-8-1-7(4-10(11)13)2-9(11)3-8/h7-10,13H,1-5H2. The van der Waals surface area contributed by atoms with E-state index >= 15 is 0 Å². The van der Waals surface area contributed by atoms with Crippen LogP contribution in [0.3, 0.4) is 0 Å². The topological polar surface area (TPSA) is 44.0 Å². The second kappa shape index (κ2) is 2.27.